The van der Waals surface area contributed by atoms with Crippen LogP contribution in [0.25, 0.3) is 0 Å². The van der Waals surface area contributed by atoms with E-state index in [1.165, 1.54) is 0 Å². The maximum Gasteiger partial charge on any atom is 0.272 e. The summed E-state index contributed by atoms with van der Waals surface area (Å²) >= 11 is 0. The van der Waals surface area contributed by atoms with Crippen LogP contribution in [0.5, 0.6) is 0 Å². The van der Waals surface area contributed by atoms with Crippen molar-refractivity contribution < 1.29 is 9.90 Å². The SMILES string of the molecule is CCCc1cc(C(=O)N[C@H](c2ccccc2)C2CC(O)C2)n[nH]1. The first-order valence-corrected chi connectivity index (χ1v) is 8.25. The molecule has 122 valence electrons. The molecule has 1 aromatic heterocycles. The second-order valence-corrected chi connectivity index (χ2v) is 6.28. The Labute approximate surface area is 136 Å². The van der Waals surface area contributed by atoms with Crippen molar-refractivity contribution in [2.45, 2.75) is 44.8 Å². The molecule has 0 saturated heterocycles. The molecule has 23 heavy (non-hydrogen) atoms. The van der Waals surface area contributed by atoms with E-state index in [2.05, 4.69) is 22.4 Å². The smallest absolute Gasteiger partial charge is 0.272 e. The summed E-state index contributed by atoms with van der Waals surface area (Å²) < 4.78 is 0. The predicted molar refractivity (Wildman–Crippen MR) is 88.0 cm³/mol. The van der Waals surface area contributed by atoms with E-state index in [1.807, 2.05) is 36.4 Å². The largest absolute Gasteiger partial charge is 0.393 e. The summed E-state index contributed by atoms with van der Waals surface area (Å²) in [6.07, 6.45) is 3.10. The van der Waals surface area contributed by atoms with Crippen molar-refractivity contribution in [2.75, 3.05) is 0 Å². The lowest BCUT2D eigenvalue weighted by Crippen LogP contribution is -2.41. The molecule has 3 N–H and O–H groups in total. The Morgan fingerprint density at radius 3 is 2.78 bits per heavy atom. The number of aromatic amines is 1. The van der Waals surface area contributed by atoms with Gasteiger partial charge in [-0.3, -0.25) is 9.89 Å². The molecule has 1 saturated carbocycles. The molecule has 3 rings (SSSR count). The lowest BCUT2D eigenvalue weighted by atomic mass is 9.75. The number of nitrogens with zero attached hydrogens (tertiary/aromatic N) is 1. The summed E-state index contributed by atoms with van der Waals surface area (Å²) in [4.78, 5) is 12.5. The molecular formula is C18H23N3O2. The fourth-order valence-electron chi connectivity index (χ4n) is 3.13. The maximum atomic E-state index is 12.5. The van der Waals surface area contributed by atoms with Crippen LogP contribution in [0, 0.1) is 5.92 Å². The molecule has 0 radical (unpaired) electrons. The Morgan fingerprint density at radius 2 is 2.13 bits per heavy atom. The minimum absolute atomic E-state index is 0.0848. The van der Waals surface area contributed by atoms with Crippen LogP contribution < -0.4 is 5.32 Å². The predicted octanol–water partition coefficient (Wildman–Crippen LogP) is 2.60. The molecule has 0 bridgehead atoms. The Morgan fingerprint density at radius 1 is 1.39 bits per heavy atom. The van der Waals surface area contributed by atoms with E-state index in [0.29, 0.717) is 5.69 Å². The highest BCUT2D eigenvalue weighted by Crippen LogP contribution is 2.38. The first kappa shape index (κ1) is 15.7. The minimum Gasteiger partial charge on any atom is -0.393 e. The van der Waals surface area contributed by atoms with Crippen LogP contribution in [-0.4, -0.2) is 27.3 Å². The molecule has 5 nitrogen and oxygen atoms in total. The molecule has 0 spiro atoms. The van der Waals surface area contributed by atoms with Gasteiger partial charge in [-0.1, -0.05) is 43.7 Å². The van der Waals surface area contributed by atoms with Gasteiger partial charge in [-0.15, -0.1) is 0 Å². The highest BCUT2D eigenvalue weighted by Gasteiger charge is 2.35. The molecule has 1 aliphatic rings. The Hall–Kier alpha value is -2.14. The molecule has 0 unspecified atom stereocenters. The molecule has 1 fully saturated rings. The highest BCUT2D eigenvalue weighted by atomic mass is 16.3. The van der Waals surface area contributed by atoms with Crippen LogP contribution in [0.15, 0.2) is 36.4 Å². The van der Waals surface area contributed by atoms with Crippen molar-refractivity contribution in [3.8, 4) is 0 Å². The van der Waals surface area contributed by atoms with Gasteiger partial charge in [0.15, 0.2) is 0 Å². The quantitative estimate of drug-likeness (QED) is 0.767. The average molecular weight is 313 g/mol. The summed E-state index contributed by atoms with van der Waals surface area (Å²) in [5.74, 6) is 0.101. The third-order valence-electron chi connectivity index (χ3n) is 4.45. The van der Waals surface area contributed by atoms with Gasteiger partial charge in [-0.25, -0.2) is 0 Å². The van der Waals surface area contributed by atoms with Crippen LogP contribution in [0.2, 0.25) is 0 Å². The number of carbonyl (C=O) groups is 1. The Balaban J connectivity index is 1.73. The zero-order chi connectivity index (χ0) is 16.2. The molecule has 1 amide bonds. The molecule has 1 aliphatic carbocycles. The summed E-state index contributed by atoms with van der Waals surface area (Å²) in [5.41, 5.74) is 2.48. The summed E-state index contributed by atoms with van der Waals surface area (Å²) in [6.45, 7) is 2.09. The molecule has 0 aliphatic heterocycles. The fraction of sp³-hybridized carbons (Fsp3) is 0.444. The standard InChI is InChI=1S/C18H23N3O2/c1-2-6-14-11-16(21-20-14)18(23)19-17(13-9-15(22)10-13)12-7-4-3-5-8-12/h3-5,7-8,11,13,15,17,22H,2,6,9-10H2,1H3,(H,19,23)(H,20,21)/t13?,15?,17-/m1/s1. The third-order valence-corrected chi connectivity index (χ3v) is 4.45. The molecule has 5 heteroatoms. The number of rotatable bonds is 6. The summed E-state index contributed by atoms with van der Waals surface area (Å²) in [7, 11) is 0. The highest BCUT2D eigenvalue weighted by molar-refractivity contribution is 5.92. The monoisotopic (exact) mass is 313 g/mol. The van der Waals surface area contributed by atoms with Crippen LogP contribution in [0.3, 0.4) is 0 Å². The fourth-order valence-corrected chi connectivity index (χ4v) is 3.13. The Kier molecular flexibility index (Phi) is 4.76. The molecular weight excluding hydrogens is 290 g/mol. The number of carbonyl (C=O) groups excluding carboxylic acids is 1. The average Bonchev–Trinajstić information content (AvgIpc) is 3.00. The first-order valence-electron chi connectivity index (χ1n) is 8.25. The van der Waals surface area contributed by atoms with Gasteiger partial charge in [0, 0.05) is 5.69 Å². The zero-order valence-electron chi connectivity index (χ0n) is 13.3. The number of hydrogen-bond donors (Lipinski definition) is 3. The van der Waals surface area contributed by atoms with Crippen molar-refractivity contribution in [3.63, 3.8) is 0 Å². The second-order valence-electron chi connectivity index (χ2n) is 6.28. The van der Waals surface area contributed by atoms with Gasteiger partial charge in [0.25, 0.3) is 5.91 Å². The van der Waals surface area contributed by atoms with Crippen molar-refractivity contribution in [1.29, 1.82) is 0 Å². The summed E-state index contributed by atoms with van der Waals surface area (Å²) in [6, 6.07) is 11.7. The van der Waals surface area contributed by atoms with E-state index in [1.54, 1.807) is 0 Å². The number of aliphatic hydroxyl groups is 1. The van der Waals surface area contributed by atoms with E-state index in [4.69, 9.17) is 0 Å². The van der Waals surface area contributed by atoms with Crippen LogP contribution in [0.1, 0.15) is 54.0 Å². The number of amides is 1. The Bertz CT molecular complexity index is 647. The van der Waals surface area contributed by atoms with Crippen LogP contribution in [0.4, 0.5) is 0 Å². The van der Waals surface area contributed by atoms with Crippen molar-refractivity contribution in [3.05, 3.63) is 53.3 Å². The lowest BCUT2D eigenvalue weighted by molar-refractivity contribution is 0.0234. The van der Waals surface area contributed by atoms with Gasteiger partial charge in [0.1, 0.15) is 5.69 Å². The number of H-pyrrole nitrogens is 1. The molecule has 1 heterocycles. The van der Waals surface area contributed by atoms with E-state index in [0.717, 1.165) is 36.9 Å². The van der Waals surface area contributed by atoms with E-state index >= 15 is 0 Å². The van der Waals surface area contributed by atoms with Crippen molar-refractivity contribution in [2.24, 2.45) is 5.92 Å². The van der Waals surface area contributed by atoms with Crippen molar-refractivity contribution >= 4 is 5.91 Å². The van der Waals surface area contributed by atoms with Gasteiger partial charge in [-0.05, 0) is 36.8 Å². The maximum absolute atomic E-state index is 12.5. The summed E-state index contributed by atoms with van der Waals surface area (Å²) in [5, 5.41) is 19.7. The zero-order valence-corrected chi connectivity index (χ0v) is 13.3. The number of hydrogen-bond acceptors (Lipinski definition) is 3. The van der Waals surface area contributed by atoms with Gasteiger partial charge < -0.3 is 10.4 Å². The minimum atomic E-state index is -0.246. The molecule has 1 atom stereocenters. The van der Waals surface area contributed by atoms with Crippen molar-refractivity contribution in [1.82, 2.24) is 15.5 Å². The number of nitrogens with one attached hydrogen (secondary N) is 2. The van der Waals surface area contributed by atoms with E-state index < -0.39 is 0 Å². The number of aryl methyl sites for hydroxylation is 1. The van der Waals surface area contributed by atoms with E-state index in [9.17, 15) is 9.90 Å². The molecule has 1 aromatic carbocycles. The lowest BCUT2D eigenvalue weighted by Gasteiger charge is -2.38. The normalized spacial score (nSPS) is 21.5. The number of aromatic nitrogens is 2. The number of aliphatic hydroxyl groups excluding tert-OH is 1. The van der Waals surface area contributed by atoms with Gasteiger partial charge in [0.05, 0.1) is 12.1 Å². The van der Waals surface area contributed by atoms with Crippen LogP contribution >= 0.6 is 0 Å². The molecule has 2 aromatic rings. The first-order chi connectivity index (χ1) is 11.2. The third kappa shape index (κ3) is 3.62. The van der Waals surface area contributed by atoms with Crippen LogP contribution in [-0.2, 0) is 6.42 Å². The van der Waals surface area contributed by atoms with Gasteiger partial charge in [-0.2, -0.15) is 5.10 Å². The van der Waals surface area contributed by atoms with Gasteiger partial charge >= 0.3 is 0 Å². The van der Waals surface area contributed by atoms with E-state index in [-0.39, 0.29) is 24.0 Å². The second kappa shape index (κ2) is 6.96. The topological polar surface area (TPSA) is 78.0 Å². The van der Waals surface area contributed by atoms with Gasteiger partial charge in [0.2, 0.25) is 0 Å². The number of benzene rings is 1.